The molecule has 0 aliphatic carbocycles. The van der Waals surface area contributed by atoms with E-state index in [1.54, 1.807) is 42.6 Å². The van der Waals surface area contributed by atoms with E-state index in [-0.39, 0.29) is 5.56 Å². The van der Waals surface area contributed by atoms with E-state index >= 15 is 0 Å². The van der Waals surface area contributed by atoms with Gasteiger partial charge in [0.05, 0.1) is 0 Å². The third kappa shape index (κ3) is 2.78. The van der Waals surface area contributed by atoms with Crippen molar-refractivity contribution in [2.45, 2.75) is 0 Å². The number of aromatic amines is 1. The van der Waals surface area contributed by atoms with Gasteiger partial charge in [0.1, 0.15) is 11.2 Å². The zero-order valence-corrected chi connectivity index (χ0v) is 11.5. The Labute approximate surface area is 124 Å². The average molecular weight is 300 g/mol. The zero-order valence-electron chi connectivity index (χ0n) is 10.8. The molecule has 0 spiro atoms. The van der Waals surface area contributed by atoms with Crippen LogP contribution in [0.2, 0.25) is 5.02 Å². The van der Waals surface area contributed by atoms with Crippen LogP contribution in [0, 0.1) is 0 Å². The van der Waals surface area contributed by atoms with Crippen molar-refractivity contribution in [3.05, 3.63) is 69.6 Å². The van der Waals surface area contributed by atoms with Crippen LogP contribution in [-0.4, -0.2) is 15.9 Å². The molecular formula is C15H10ClN3O2. The van der Waals surface area contributed by atoms with Gasteiger partial charge in [-0.2, -0.15) is 0 Å². The van der Waals surface area contributed by atoms with Gasteiger partial charge >= 0.3 is 0 Å². The van der Waals surface area contributed by atoms with E-state index < -0.39 is 11.5 Å². The molecule has 2 heterocycles. The lowest BCUT2D eigenvalue weighted by atomic mass is 10.2. The van der Waals surface area contributed by atoms with E-state index in [1.165, 1.54) is 6.07 Å². The summed E-state index contributed by atoms with van der Waals surface area (Å²) in [4.78, 5) is 30.8. The van der Waals surface area contributed by atoms with Crippen LogP contribution in [0.5, 0.6) is 0 Å². The van der Waals surface area contributed by atoms with Crippen LogP contribution in [0.15, 0.2) is 53.5 Å². The Morgan fingerprint density at radius 1 is 1.19 bits per heavy atom. The summed E-state index contributed by atoms with van der Waals surface area (Å²) in [6.45, 7) is 0. The number of hydrogen-bond acceptors (Lipinski definition) is 3. The number of rotatable bonds is 2. The van der Waals surface area contributed by atoms with Gasteiger partial charge in [0, 0.05) is 22.3 Å². The third-order valence-corrected chi connectivity index (χ3v) is 3.18. The first kappa shape index (κ1) is 13.3. The highest BCUT2D eigenvalue weighted by Gasteiger charge is 2.12. The Morgan fingerprint density at radius 3 is 2.86 bits per heavy atom. The number of nitrogens with zero attached hydrogens (tertiary/aromatic N) is 1. The van der Waals surface area contributed by atoms with Gasteiger partial charge in [0.25, 0.3) is 11.5 Å². The molecule has 2 N–H and O–H groups in total. The summed E-state index contributed by atoms with van der Waals surface area (Å²) in [6, 6.07) is 11.7. The molecule has 2 aromatic heterocycles. The molecule has 6 heteroatoms. The normalized spacial score (nSPS) is 10.5. The standard InChI is InChI=1S/C15H10ClN3O2/c16-10-4-1-5-11(8-10)18-14(20)12-7-9-3-2-6-17-13(9)19-15(12)21/h1-8H,(H,18,20)(H,17,19,21). The number of hydrogen-bond donors (Lipinski definition) is 2. The fourth-order valence-electron chi connectivity index (χ4n) is 1.97. The molecule has 1 aromatic carbocycles. The van der Waals surface area contributed by atoms with E-state index in [0.29, 0.717) is 21.7 Å². The van der Waals surface area contributed by atoms with Crippen molar-refractivity contribution in [3.8, 4) is 0 Å². The molecule has 3 aromatic rings. The molecule has 0 aliphatic heterocycles. The quantitative estimate of drug-likeness (QED) is 0.764. The van der Waals surface area contributed by atoms with Crippen molar-refractivity contribution in [2.75, 3.05) is 5.32 Å². The number of carbonyl (C=O) groups is 1. The van der Waals surface area contributed by atoms with Gasteiger partial charge in [-0.05, 0) is 36.4 Å². The predicted molar refractivity (Wildman–Crippen MR) is 81.8 cm³/mol. The van der Waals surface area contributed by atoms with Gasteiger partial charge in [-0.25, -0.2) is 4.98 Å². The largest absolute Gasteiger partial charge is 0.322 e. The topological polar surface area (TPSA) is 74.8 Å². The first-order valence-electron chi connectivity index (χ1n) is 6.18. The van der Waals surface area contributed by atoms with E-state index in [4.69, 9.17) is 11.6 Å². The summed E-state index contributed by atoms with van der Waals surface area (Å²) in [6.07, 6.45) is 1.57. The molecule has 0 saturated heterocycles. The predicted octanol–water partition coefficient (Wildman–Crippen LogP) is 2.83. The lowest BCUT2D eigenvalue weighted by Crippen LogP contribution is -2.23. The molecule has 0 saturated carbocycles. The monoisotopic (exact) mass is 299 g/mol. The van der Waals surface area contributed by atoms with Crippen molar-refractivity contribution < 1.29 is 4.79 Å². The van der Waals surface area contributed by atoms with Crippen LogP contribution in [0.1, 0.15) is 10.4 Å². The average Bonchev–Trinajstić information content (AvgIpc) is 2.46. The van der Waals surface area contributed by atoms with E-state index in [2.05, 4.69) is 15.3 Å². The Hall–Kier alpha value is -2.66. The van der Waals surface area contributed by atoms with Crippen molar-refractivity contribution in [1.29, 1.82) is 0 Å². The number of fused-ring (bicyclic) bond motifs is 1. The summed E-state index contributed by atoms with van der Waals surface area (Å²) in [7, 11) is 0. The smallest absolute Gasteiger partial charge is 0.262 e. The molecule has 21 heavy (non-hydrogen) atoms. The summed E-state index contributed by atoms with van der Waals surface area (Å²) in [5.41, 5.74) is 0.510. The number of H-pyrrole nitrogens is 1. The second-order valence-corrected chi connectivity index (χ2v) is 4.85. The van der Waals surface area contributed by atoms with Crippen LogP contribution in [0.4, 0.5) is 5.69 Å². The minimum Gasteiger partial charge on any atom is -0.322 e. The molecule has 0 aliphatic rings. The van der Waals surface area contributed by atoms with E-state index in [1.807, 2.05) is 0 Å². The van der Waals surface area contributed by atoms with E-state index in [0.717, 1.165) is 0 Å². The first-order chi connectivity index (χ1) is 10.1. The second kappa shape index (κ2) is 5.38. The molecule has 5 nitrogen and oxygen atoms in total. The van der Waals surface area contributed by atoms with Gasteiger partial charge in [-0.3, -0.25) is 9.59 Å². The highest BCUT2D eigenvalue weighted by Crippen LogP contribution is 2.16. The van der Waals surface area contributed by atoms with Crippen molar-refractivity contribution in [2.24, 2.45) is 0 Å². The summed E-state index contributed by atoms with van der Waals surface area (Å²) in [5, 5.41) is 3.83. The van der Waals surface area contributed by atoms with Gasteiger partial charge in [0.2, 0.25) is 0 Å². The summed E-state index contributed by atoms with van der Waals surface area (Å²) >= 11 is 5.86. The summed E-state index contributed by atoms with van der Waals surface area (Å²) in [5.74, 6) is -0.496. The molecular weight excluding hydrogens is 290 g/mol. The number of anilines is 1. The molecule has 1 amide bonds. The number of halogens is 1. The lowest BCUT2D eigenvalue weighted by Gasteiger charge is -2.05. The SMILES string of the molecule is O=C(Nc1cccc(Cl)c1)c1cc2cccnc2[nH]c1=O. The second-order valence-electron chi connectivity index (χ2n) is 4.42. The molecule has 0 unspecified atom stereocenters. The van der Waals surface area contributed by atoms with Gasteiger partial charge in [0.15, 0.2) is 0 Å². The Kier molecular flexibility index (Phi) is 3.41. The van der Waals surface area contributed by atoms with Gasteiger partial charge < -0.3 is 10.3 Å². The number of aromatic nitrogens is 2. The maximum absolute atomic E-state index is 12.2. The van der Waals surface area contributed by atoms with E-state index in [9.17, 15) is 9.59 Å². The van der Waals surface area contributed by atoms with Crippen LogP contribution in [0.25, 0.3) is 11.0 Å². The third-order valence-electron chi connectivity index (χ3n) is 2.94. The molecule has 0 radical (unpaired) electrons. The minimum absolute atomic E-state index is 0.0236. The van der Waals surface area contributed by atoms with Crippen LogP contribution in [-0.2, 0) is 0 Å². The zero-order chi connectivity index (χ0) is 14.8. The van der Waals surface area contributed by atoms with Crippen LogP contribution in [0.3, 0.4) is 0 Å². The van der Waals surface area contributed by atoms with Crippen LogP contribution < -0.4 is 10.9 Å². The summed E-state index contributed by atoms with van der Waals surface area (Å²) < 4.78 is 0. The number of nitrogens with one attached hydrogen (secondary N) is 2. The number of pyridine rings is 2. The first-order valence-corrected chi connectivity index (χ1v) is 6.56. The number of benzene rings is 1. The minimum atomic E-state index is -0.496. The maximum atomic E-state index is 12.2. The highest BCUT2D eigenvalue weighted by molar-refractivity contribution is 6.31. The molecule has 3 rings (SSSR count). The molecule has 0 bridgehead atoms. The molecule has 104 valence electrons. The Morgan fingerprint density at radius 2 is 2.05 bits per heavy atom. The highest BCUT2D eigenvalue weighted by atomic mass is 35.5. The lowest BCUT2D eigenvalue weighted by molar-refractivity contribution is 0.102. The Balaban J connectivity index is 1.98. The fraction of sp³-hybridized carbons (Fsp3) is 0. The fourth-order valence-corrected chi connectivity index (χ4v) is 2.16. The van der Waals surface area contributed by atoms with Gasteiger partial charge in [-0.15, -0.1) is 0 Å². The van der Waals surface area contributed by atoms with Crippen molar-refractivity contribution in [1.82, 2.24) is 9.97 Å². The maximum Gasteiger partial charge on any atom is 0.262 e. The van der Waals surface area contributed by atoms with Crippen molar-refractivity contribution in [3.63, 3.8) is 0 Å². The van der Waals surface area contributed by atoms with Crippen LogP contribution >= 0.6 is 11.6 Å². The van der Waals surface area contributed by atoms with Crippen molar-refractivity contribution >= 4 is 34.2 Å². The number of carbonyl (C=O) groups excluding carboxylic acids is 1. The molecule has 0 atom stereocenters. The Bertz CT molecular complexity index is 889. The van der Waals surface area contributed by atoms with Gasteiger partial charge in [-0.1, -0.05) is 17.7 Å². The number of amides is 1. The molecule has 0 fully saturated rings.